The smallest absolute Gasteiger partial charge is 0.223 e. The van der Waals surface area contributed by atoms with E-state index in [1.54, 1.807) is 6.07 Å². The van der Waals surface area contributed by atoms with Crippen molar-refractivity contribution in [1.82, 2.24) is 4.90 Å². The number of amides is 1. The standard InChI is InChI=1S/C20H29NO2/c1-3-5-8-14-20(13-4-2)15-9-12-19(23)21(20)16-17-10-6-7-11-18(17)22/h4,6-7,10-11,22H,2-3,5,8-9,12-16H2,1H3. The molecule has 1 aromatic carbocycles. The van der Waals surface area contributed by atoms with Crippen LogP contribution in [0.5, 0.6) is 5.75 Å². The van der Waals surface area contributed by atoms with E-state index in [0.29, 0.717) is 13.0 Å². The third-order valence-electron chi connectivity index (χ3n) is 5.00. The van der Waals surface area contributed by atoms with Gasteiger partial charge in [0.2, 0.25) is 5.91 Å². The summed E-state index contributed by atoms with van der Waals surface area (Å²) in [6.45, 7) is 6.62. The quantitative estimate of drug-likeness (QED) is 0.553. The van der Waals surface area contributed by atoms with Gasteiger partial charge in [0.25, 0.3) is 0 Å². The minimum atomic E-state index is -0.130. The van der Waals surface area contributed by atoms with Crippen LogP contribution in [0.1, 0.15) is 63.9 Å². The molecule has 0 aliphatic carbocycles. The molecule has 3 nitrogen and oxygen atoms in total. The van der Waals surface area contributed by atoms with E-state index < -0.39 is 0 Å². The molecule has 0 spiro atoms. The van der Waals surface area contributed by atoms with E-state index in [1.807, 2.05) is 29.2 Å². The van der Waals surface area contributed by atoms with Crippen molar-refractivity contribution in [2.24, 2.45) is 0 Å². The van der Waals surface area contributed by atoms with Crippen LogP contribution in [-0.4, -0.2) is 21.5 Å². The Morgan fingerprint density at radius 2 is 2.13 bits per heavy atom. The summed E-state index contributed by atoms with van der Waals surface area (Å²) in [4.78, 5) is 14.7. The summed E-state index contributed by atoms with van der Waals surface area (Å²) in [5.74, 6) is 0.477. The lowest BCUT2D eigenvalue weighted by molar-refractivity contribution is -0.143. The number of phenols is 1. The number of carbonyl (C=O) groups is 1. The van der Waals surface area contributed by atoms with Crippen molar-refractivity contribution < 1.29 is 9.90 Å². The Bertz CT molecular complexity index is 540. The molecule has 1 aliphatic heterocycles. The van der Waals surface area contributed by atoms with Crippen molar-refractivity contribution in [2.45, 2.75) is 70.4 Å². The first kappa shape index (κ1) is 17.6. The first-order valence-corrected chi connectivity index (χ1v) is 8.81. The lowest BCUT2D eigenvalue weighted by Gasteiger charge is -2.47. The lowest BCUT2D eigenvalue weighted by atomic mass is 9.79. The minimum Gasteiger partial charge on any atom is -0.508 e. The molecule has 1 heterocycles. The van der Waals surface area contributed by atoms with Crippen molar-refractivity contribution in [3.63, 3.8) is 0 Å². The third-order valence-corrected chi connectivity index (χ3v) is 5.00. The summed E-state index contributed by atoms with van der Waals surface area (Å²) in [5, 5.41) is 10.1. The van der Waals surface area contributed by atoms with Crippen LogP contribution in [0.4, 0.5) is 0 Å². The first-order chi connectivity index (χ1) is 11.1. The zero-order valence-electron chi connectivity index (χ0n) is 14.3. The van der Waals surface area contributed by atoms with Gasteiger partial charge in [-0.25, -0.2) is 0 Å². The van der Waals surface area contributed by atoms with Gasteiger partial charge in [-0.1, -0.05) is 50.5 Å². The van der Waals surface area contributed by atoms with Gasteiger partial charge in [0.15, 0.2) is 0 Å². The fourth-order valence-electron chi connectivity index (χ4n) is 3.72. The second-order valence-electron chi connectivity index (χ2n) is 6.64. The fraction of sp³-hybridized carbons (Fsp3) is 0.550. The Labute approximate surface area is 140 Å². The van der Waals surface area contributed by atoms with Crippen LogP contribution in [0, 0.1) is 0 Å². The zero-order valence-corrected chi connectivity index (χ0v) is 14.3. The van der Waals surface area contributed by atoms with Crippen LogP contribution in [0.2, 0.25) is 0 Å². The van der Waals surface area contributed by atoms with Crippen molar-refractivity contribution in [1.29, 1.82) is 0 Å². The Morgan fingerprint density at radius 3 is 2.83 bits per heavy atom. The molecular weight excluding hydrogens is 286 g/mol. The van der Waals surface area contributed by atoms with Crippen molar-refractivity contribution in [3.8, 4) is 5.75 Å². The third kappa shape index (κ3) is 4.15. The highest BCUT2D eigenvalue weighted by Gasteiger charge is 2.40. The molecule has 1 N–H and O–H groups in total. The van der Waals surface area contributed by atoms with Gasteiger partial charge < -0.3 is 10.0 Å². The van der Waals surface area contributed by atoms with Gasteiger partial charge in [-0.2, -0.15) is 0 Å². The van der Waals surface area contributed by atoms with Gasteiger partial charge in [-0.15, -0.1) is 6.58 Å². The average molecular weight is 315 g/mol. The predicted octanol–water partition coefficient (Wildman–Crippen LogP) is 4.80. The molecule has 1 fully saturated rings. The van der Waals surface area contributed by atoms with Gasteiger partial charge in [0.05, 0.1) is 0 Å². The summed E-state index contributed by atoms with van der Waals surface area (Å²) >= 11 is 0. The van der Waals surface area contributed by atoms with E-state index in [-0.39, 0.29) is 17.2 Å². The minimum absolute atomic E-state index is 0.130. The summed E-state index contributed by atoms with van der Waals surface area (Å²) < 4.78 is 0. The molecule has 23 heavy (non-hydrogen) atoms. The fourth-order valence-corrected chi connectivity index (χ4v) is 3.72. The van der Waals surface area contributed by atoms with Gasteiger partial charge >= 0.3 is 0 Å². The van der Waals surface area contributed by atoms with Crippen molar-refractivity contribution in [2.75, 3.05) is 0 Å². The number of aromatic hydroxyl groups is 1. The number of nitrogens with zero attached hydrogens (tertiary/aromatic N) is 1. The van der Waals surface area contributed by atoms with E-state index in [1.165, 1.54) is 12.8 Å². The second-order valence-corrected chi connectivity index (χ2v) is 6.64. The van der Waals surface area contributed by atoms with Crippen LogP contribution in [0.3, 0.4) is 0 Å². The largest absolute Gasteiger partial charge is 0.508 e. The van der Waals surface area contributed by atoms with Crippen LogP contribution < -0.4 is 0 Å². The normalized spacial score (nSPS) is 21.4. The van der Waals surface area contributed by atoms with E-state index in [0.717, 1.165) is 37.7 Å². The van der Waals surface area contributed by atoms with Crippen molar-refractivity contribution in [3.05, 3.63) is 42.5 Å². The molecule has 0 radical (unpaired) electrons. The highest BCUT2D eigenvalue weighted by Crippen LogP contribution is 2.38. The monoisotopic (exact) mass is 315 g/mol. The van der Waals surface area contributed by atoms with Gasteiger partial charge in [-0.3, -0.25) is 4.79 Å². The molecule has 3 heteroatoms. The number of benzene rings is 1. The summed E-state index contributed by atoms with van der Waals surface area (Å²) in [7, 11) is 0. The topological polar surface area (TPSA) is 40.5 Å². The average Bonchev–Trinajstić information content (AvgIpc) is 2.53. The molecule has 0 saturated carbocycles. The highest BCUT2D eigenvalue weighted by molar-refractivity contribution is 5.78. The maximum absolute atomic E-state index is 12.6. The molecular formula is C20H29NO2. The molecule has 2 rings (SSSR count). The van der Waals surface area contributed by atoms with E-state index in [9.17, 15) is 9.90 Å². The number of hydrogen-bond donors (Lipinski definition) is 1. The molecule has 1 saturated heterocycles. The summed E-state index contributed by atoms with van der Waals surface area (Å²) in [5.41, 5.74) is 0.695. The number of phenolic OH excluding ortho intramolecular Hbond substituents is 1. The number of likely N-dealkylation sites (tertiary alicyclic amines) is 1. The summed E-state index contributed by atoms with van der Waals surface area (Å²) in [6, 6.07) is 7.32. The van der Waals surface area contributed by atoms with E-state index in [2.05, 4.69) is 13.5 Å². The molecule has 126 valence electrons. The molecule has 1 aromatic rings. The molecule has 0 aromatic heterocycles. The Hall–Kier alpha value is -1.77. The number of unbranched alkanes of at least 4 members (excludes halogenated alkanes) is 2. The second kappa shape index (κ2) is 8.19. The highest BCUT2D eigenvalue weighted by atomic mass is 16.3. The maximum Gasteiger partial charge on any atom is 0.223 e. The molecule has 0 bridgehead atoms. The molecule has 1 atom stereocenters. The maximum atomic E-state index is 12.6. The molecule has 1 unspecified atom stereocenters. The first-order valence-electron chi connectivity index (χ1n) is 8.81. The predicted molar refractivity (Wildman–Crippen MR) is 94.2 cm³/mol. The van der Waals surface area contributed by atoms with Crippen LogP contribution in [0.25, 0.3) is 0 Å². The van der Waals surface area contributed by atoms with Crippen molar-refractivity contribution >= 4 is 5.91 Å². The van der Waals surface area contributed by atoms with E-state index >= 15 is 0 Å². The lowest BCUT2D eigenvalue weighted by Crippen LogP contribution is -2.53. The zero-order chi connectivity index (χ0) is 16.7. The number of para-hydroxylation sites is 1. The number of hydrogen-bond acceptors (Lipinski definition) is 2. The Balaban J connectivity index is 2.26. The molecule has 1 aliphatic rings. The van der Waals surface area contributed by atoms with E-state index in [4.69, 9.17) is 0 Å². The number of carbonyl (C=O) groups excluding carboxylic acids is 1. The summed E-state index contributed by atoms with van der Waals surface area (Å²) in [6.07, 6.45) is 9.90. The molecule has 1 amide bonds. The number of piperidine rings is 1. The van der Waals surface area contributed by atoms with Gasteiger partial charge in [0.1, 0.15) is 5.75 Å². The Morgan fingerprint density at radius 1 is 1.35 bits per heavy atom. The van der Waals surface area contributed by atoms with Gasteiger partial charge in [0, 0.05) is 24.1 Å². The van der Waals surface area contributed by atoms with Gasteiger partial charge in [-0.05, 0) is 31.7 Å². The van der Waals surface area contributed by atoms with Crippen LogP contribution in [0.15, 0.2) is 36.9 Å². The van der Waals surface area contributed by atoms with Crippen LogP contribution >= 0.6 is 0 Å². The SMILES string of the molecule is C=CCC1(CCCCC)CCCC(=O)N1Cc1ccccc1O. The Kier molecular flexibility index (Phi) is 6.26. The van der Waals surface area contributed by atoms with Crippen LogP contribution in [-0.2, 0) is 11.3 Å². The number of rotatable bonds is 8.